The van der Waals surface area contributed by atoms with Crippen LogP contribution >= 0.6 is 0 Å². The summed E-state index contributed by atoms with van der Waals surface area (Å²) in [6.07, 6.45) is 0. The second-order valence-corrected chi connectivity index (χ2v) is 2.69. The summed E-state index contributed by atoms with van der Waals surface area (Å²) in [5, 5.41) is 36.0. The van der Waals surface area contributed by atoms with E-state index in [1.165, 1.54) is 0 Å². The number of aliphatic hydroxyl groups is 1. The summed E-state index contributed by atoms with van der Waals surface area (Å²) >= 11 is 0. The summed E-state index contributed by atoms with van der Waals surface area (Å²) in [6, 6.07) is 1.32. The van der Waals surface area contributed by atoms with Crippen LogP contribution in [0, 0.1) is 0 Å². The van der Waals surface area contributed by atoms with Crippen LogP contribution in [0.1, 0.15) is 11.6 Å². The highest BCUT2D eigenvalue weighted by Gasteiger charge is 2.13. The first-order valence-corrected chi connectivity index (χ1v) is 3.67. The Kier molecular flexibility index (Phi) is 2.60. The van der Waals surface area contributed by atoms with Crippen LogP contribution in [0.3, 0.4) is 0 Å². The molecule has 0 radical (unpaired) electrons. The van der Waals surface area contributed by atoms with Gasteiger partial charge in [-0.15, -0.1) is 0 Å². The molecule has 0 heterocycles. The number of hydrogen-bond donors (Lipinski definition) is 5. The number of aromatic hydroxyl groups is 3. The number of phenols is 3. The fourth-order valence-electron chi connectivity index (χ4n) is 0.977. The van der Waals surface area contributed by atoms with E-state index in [4.69, 9.17) is 21.1 Å². The van der Waals surface area contributed by atoms with Crippen molar-refractivity contribution in [3.63, 3.8) is 0 Å². The van der Waals surface area contributed by atoms with Crippen molar-refractivity contribution in [1.82, 2.24) is 0 Å². The summed E-state index contributed by atoms with van der Waals surface area (Å²) in [4.78, 5) is 0. The minimum Gasteiger partial charge on any atom is -0.507 e. The molecular weight excluding hydrogens is 174 g/mol. The van der Waals surface area contributed by atoms with Crippen LogP contribution in [0.2, 0.25) is 0 Å². The van der Waals surface area contributed by atoms with Gasteiger partial charge in [0, 0.05) is 11.6 Å². The highest BCUT2D eigenvalue weighted by molar-refractivity contribution is 5.49. The Bertz CT molecular complexity index is 313. The van der Waals surface area contributed by atoms with Gasteiger partial charge in [-0.3, -0.25) is 0 Å². The molecule has 0 spiro atoms. The molecule has 0 bridgehead atoms. The predicted molar refractivity (Wildman–Crippen MR) is 45.5 cm³/mol. The summed E-state index contributed by atoms with van der Waals surface area (Å²) in [7, 11) is 0. The lowest BCUT2D eigenvalue weighted by Gasteiger charge is -2.11. The van der Waals surface area contributed by atoms with E-state index in [0.717, 1.165) is 12.1 Å². The van der Waals surface area contributed by atoms with E-state index in [1.807, 2.05) is 0 Å². The fraction of sp³-hybridized carbons (Fsp3) is 0.250. The number of aliphatic hydroxyl groups excluding tert-OH is 1. The maximum atomic E-state index is 9.26. The standard InChI is InChI=1S/C8H11NO4/c9-5(3-10)4-1-7(12)8(13)2-6(4)11/h1-2,5,10-13H,3,9H2/t5-/m1/s1. The van der Waals surface area contributed by atoms with E-state index in [2.05, 4.69) is 0 Å². The average Bonchev–Trinajstić information content (AvgIpc) is 2.10. The van der Waals surface area contributed by atoms with Crippen molar-refractivity contribution in [2.45, 2.75) is 6.04 Å². The largest absolute Gasteiger partial charge is 0.507 e. The second kappa shape index (κ2) is 3.51. The first kappa shape index (κ1) is 9.63. The molecule has 1 rings (SSSR count). The zero-order valence-corrected chi connectivity index (χ0v) is 6.81. The van der Waals surface area contributed by atoms with Gasteiger partial charge in [-0.2, -0.15) is 0 Å². The van der Waals surface area contributed by atoms with Crippen molar-refractivity contribution < 1.29 is 20.4 Å². The van der Waals surface area contributed by atoms with Crippen LogP contribution < -0.4 is 5.73 Å². The van der Waals surface area contributed by atoms with Crippen LogP contribution in [-0.4, -0.2) is 27.0 Å². The van der Waals surface area contributed by atoms with E-state index in [0.29, 0.717) is 0 Å². The predicted octanol–water partition coefficient (Wildman–Crippen LogP) is -0.205. The Morgan fingerprint density at radius 1 is 1.08 bits per heavy atom. The first-order chi connectivity index (χ1) is 6.06. The SMILES string of the molecule is N[C@H](CO)c1cc(O)c(O)cc1O. The Hall–Kier alpha value is -1.46. The number of phenolic OH excluding ortho intramolecular Hbond substituents is 3. The van der Waals surface area contributed by atoms with E-state index in [1.54, 1.807) is 0 Å². The van der Waals surface area contributed by atoms with Gasteiger partial charge in [0.1, 0.15) is 5.75 Å². The van der Waals surface area contributed by atoms with Gasteiger partial charge in [-0.25, -0.2) is 0 Å². The molecule has 0 saturated heterocycles. The monoisotopic (exact) mass is 185 g/mol. The van der Waals surface area contributed by atoms with E-state index < -0.39 is 11.8 Å². The molecule has 5 heteroatoms. The molecule has 0 unspecified atom stereocenters. The molecule has 6 N–H and O–H groups in total. The first-order valence-electron chi connectivity index (χ1n) is 3.67. The van der Waals surface area contributed by atoms with Crippen molar-refractivity contribution in [2.24, 2.45) is 5.73 Å². The Morgan fingerprint density at radius 3 is 2.15 bits per heavy atom. The van der Waals surface area contributed by atoms with Crippen molar-refractivity contribution in [2.75, 3.05) is 6.61 Å². The van der Waals surface area contributed by atoms with Crippen LogP contribution in [0.4, 0.5) is 0 Å². The zero-order chi connectivity index (χ0) is 10.0. The molecule has 0 aliphatic carbocycles. The smallest absolute Gasteiger partial charge is 0.161 e. The van der Waals surface area contributed by atoms with E-state index in [-0.39, 0.29) is 23.7 Å². The van der Waals surface area contributed by atoms with Crippen molar-refractivity contribution >= 4 is 0 Å². The second-order valence-electron chi connectivity index (χ2n) is 2.69. The van der Waals surface area contributed by atoms with Gasteiger partial charge < -0.3 is 26.2 Å². The van der Waals surface area contributed by atoms with Gasteiger partial charge in [-0.05, 0) is 6.07 Å². The number of nitrogens with two attached hydrogens (primary N) is 1. The molecule has 0 aromatic heterocycles. The number of hydrogen-bond acceptors (Lipinski definition) is 5. The Morgan fingerprint density at radius 2 is 1.62 bits per heavy atom. The van der Waals surface area contributed by atoms with Crippen molar-refractivity contribution in [3.8, 4) is 17.2 Å². The van der Waals surface area contributed by atoms with Gasteiger partial charge in [0.2, 0.25) is 0 Å². The average molecular weight is 185 g/mol. The highest BCUT2D eigenvalue weighted by Crippen LogP contribution is 2.34. The third kappa shape index (κ3) is 1.82. The molecule has 1 aromatic rings. The van der Waals surface area contributed by atoms with Crippen LogP contribution in [0.5, 0.6) is 17.2 Å². The molecule has 1 atom stereocenters. The lowest BCUT2D eigenvalue weighted by atomic mass is 10.1. The molecule has 0 aliphatic rings. The number of rotatable bonds is 2. The summed E-state index contributed by atoms with van der Waals surface area (Å²) in [6.45, 7) is -0.349. The minimum absolute atomic E-state index is 0.192. The third-order valence-corrected chi connectivity index (χ3v) is 1.72. The Balaban J connectivity index is 3.15. The highest BCUT2D eigenvalue weighted by atomic mass is 16.3. The van der Waals surface area contributed by atoms with E-state index >= 15 is 0 Å². The molecule has 0 aliphatic heterocycles. The zero-order valence-electron chi connectivity index (χ0n) is 6.81. The third-order valence-electron chi connectivity index (χ3n) is 1.72. The molecular formula is C8H11NO4. The summed E-state index contributed by atoms with van der Waals surface area (Å²) < 4.78 is 0. The molecule has 0 fully saturated rings. The maximum Gasteiger partial charge on any atom is 0.161 e. The molecule has 1 aromatic carbocycles. The number of benzene rings is 1. The quantitative estimate of drug-likeness (QED) is 0.324. The van der Waals surface area contributed by atoms with Gasteiger partial charge in [-0.1, -0.05) is 0 Å². The molecule has 72 valence electrons. The molecule has 0 saturated carbocycles. The molecule has 5 nitrogen and oxygen atoms in total. The normalized spacial score (nSPS) is 12.8. The van der Waals surface area contributed by atoms with Gasteiger partial charge in [0.25, 0.3) is 0 Å². The lowest BCUT2D eigenvalue weighted by Crippen LogP contribution is -2.14. The molecule has 13 heavy (non-hydrogen) atoms. The van der Waals surface area contributed by atoms with Gasteiger partial charge in [0.15, 0.2) is 11.5 Å². The van der Waals surface area contributed by atoms with Gasteiger partial charge >= 0.3 is 0 Å². The summed E-state index contributed by atoms with van der Waals surface area (Å²) in [5.74, 6) is -1.06. The van der Waals surface area contributed by atoms with Crippen LogP contribution in [-0.2, 0) is 0 Å². The van der Waals surface area contributed by atoms with E-state index in [9.17, 15) is 5.11 Å². The van der Waals surface area contributed by atoms with Crippen LogP contribution in [0.15, 0.2) is 12.1 Å². The van der Waals surface area contributed by atoms with Crippen molar-refractivity contribution in [1.29, 1.82) is 0 Å². The summed E-state index contributed by atoms with van der Waals surface area (Å²) in [5.41, 5.74) is 5.60. The van der Waals surface area contributed by atoms with Gasteiger partial charge in [0.05, 0.1) is 12.6 Å². The van der Waals surface area contributed by atoms with Crippen molar-refractivity contribution in [3.05, 3.63) is 17.7 Å². The molecule has 0 amide bonds. The minimum atomic E-state index is -0.772. The fourth-order valence-corrected chi connectivity index (χ4v) is 0.977. The lowest BCUT2D eigenvalue weighted by molar-refractivity contribution is 0.264. The topological polar surface area (TPSA) is 107 Å². The van der Waals surface area contributed by atoms with Crippen LogP contribution in [0.25, 0.3) is 0 Å². The Labute approximate surface area is 74.7 Å². The maximum absolute atomic E-state index is 9.26.